The molecule has 1 atom stereocenters. The molecular formula is C25H32ClN3O2. The lowest BCUT2D eigenvalue weighted by Crippen LogP contribution is -2.50. The maximum atomic E-state index is 12.4. The van der Waals surface area contributed by atoms with Crippen LogP contribution in [-0.4, -0.2) is 43.3 Å². The minimum Gasteiger partial charge on any atom is -0.375 e. The van der Waals surface area contributed by atoms with Gasteiger partial charge >= 0.3 is 0 Å². The highest BCUT2D eigenvalue weighted by Gasteiger charge is 2.30. The predicted octanol–water partition coefficient (Wildman–Crippen LogP) is 5.11. The largest absolute Gasteiger partial charge is 0.375 e. The number of benzene rings is 2. The number of halogens is 1. The summed E-state index contributed by atoms with van der Waals surface area (Å²) in [6, 6.07) is 16.2. The van der Waals surface area contributed by atoms with E-state index in [0.29, 0.717) is 22.7 Å². The average molecular weight is 442 g/mol. The van der Waals surface area contributed by atoms with Crippen LogP contribution in [-0.2, 0) is 4.74 Å². The maximum absolute atomic E-state index is 12.4. The number of nitrogens with one attached hydrogen (secondary N) is 2. The van der Waals surface area contributed by atoms with Crippen molar-refractivity contribution < 1.29 is 9.53 Å². The summed E-state index contributed by atoms with van der Waals surface area (Å²) in [5.41, 5.74) is 2.53. The van der Waals surface area contributed by atoms with Gasteiger partial charge in [-0.15, -0.1) is 0 Å². The van der Waals surface area contributed by atoms with Crippen molar-refractivity contribution in [3.63, 3.8) is 0 Å². The molecule has 1 unspecified atom stereocenters. The van der Waals surface area contributed by atoms with Crippen LogP contribution in [0.25, 0.3) is 0 Å². The van der Waals surface area contributed by atoms with E-state index in [4.69, 9.17) is 16.3 Å². The summed E-state index contributed by atoms with van der Waals surface area (Å²) in [6.07, 6.45) is 4.47. The minimum atomic E-state index is -0.154. The Balaban J connectivity index is 1.27. The molecule has 5 nitrogen and oxygen atoms in total. The Morgan fingerprint density at radius 1 is 1.06 bits per heavy atom. The highest BCUT2D eigenvalue weighted by molar-refractivity contribution is 6.31. The first kappa shape index (κ1) is 22.1. The first-order chi connectivity index (χ1) is 14.9. The molecule has 1 amide bonds. The molecule has 0 aromatic heterocycles. The second-order valence-electron chi connectivity index (χ2n) is 9.24. The molecular weight excluding hydrogens is 410 g/mol. The van der Waals surface area contributed by atoms with E-state index in [2.05, 4.69) is 41.5 Å². The zero-order chi connectivity index (χ0) is 21.8. The fraction of sp³-hybridized carbons (Fsp3) is 0.480. The van der Waals surface area contributed by atoms with Crippen molar-refractivity contribution >= 4 is 28.9 Å². The molecule has 0 spiro atoms. The van der Waals surface area contributed by atoms with Crippen molar-refractivity contribution in [2.24, 2.45) is 0 Å². The molecule has 4 rings (SSSR count). The fourth-order valence-electron chi connectivity index (χ4n) is 4.60. The number of carbonyl (C=O) groups is 1. The van der Waals surface area contributed by atoms with Gasteiger partial charge in [0.1, 0.15) is 0 Å². The van der Waals surface area contributed by atoms with Crippen molar-refractivity contribution in [3.05, 3.63) is 59.1 Å². The highest BCUT2D eigenvalue weighted by Crippen LogP contribution is 2.27. The Kier molecular flexibility index (Phi) is 6.85. The van der Waals surface area contributed by atoms with E-state index in [1.807, 2.05) is 12.1 Å². The number of nitrogens with zero attached hydrogens (tertiary/aromatic N) is 1. The topological polar surface area (TPSA) is 53.6 Å². The summed E-state index contributed by atoms with van der Waals surface area (Å²) in [6.45, 7) is 7.30. The van der Waals surface area contributed by atoms with Crippen LogP contribution in [0.3, 0.4) is 0 Å². The number of rotatable bonds is 5. The third-order valence-electron chi connectivity index (χ3n) is 6.24. The van der Waals surface area contributed by atoms with Crippen molar-refractivity contribution in [2.75, 3.05) is 29.9 Å². The van der Waals surface area contributed by atoms with E-state index in [-0.39, 0.29) is 11.5 Å². The summed E-state index contributed by atoms with van der Waals surface area (Å²) < 4.78 is 5.84. The number of ether oxygens (including phenoxy) is 1. The zero-order valence-corrected chi connectivity index (χ0v) is 19.1. The minimum absolute atomic E-state index is 0.0133. The van der Waals surface area contributed by atoms with Gasteiger partial charge in [-0.3, -0.25) is 4.79 Å². The van der Waals surface area contributed by atoms with Gasteiger partial charge in [0, 0.05) is 53.7 Å². The number of hydrogen-bond acceptors (Lipinski definition) is 4. The maximum Gasteiger partial charge on any atom is 0.255 e. The lowest BCUT2D eigenvalue weighted by molar-refractivity contribution is -0.0644. The second kappa shape index (κ2) is 9.60. The summed E-state index contributed by atoms with van der Waals surface area (Å²) >= 11 is 5.98. The molecule has 2 aliphatic heterocycles. The normalized spacial score (nSPS) is 21.6. The van der Waals surface area contributed by atoms with Crippen LogP contribution in [0.5, 0.6) is 0 Å². The van der Waals surface area contributed by atoms with Crippen molar-refractivity contribution in [2.45, 2.75) is 57.2 Å². The lowest BCUT2D eigenvalue weighted by Gasteiger charge is -2.40. The summed E-state index contributed by atoms with van der Waals surface area (Å²) in [4.78, 5) is 14.8. The molecule has 0 aliphatic carbocycles. The summed E-state index contributed by atoms with van der Waals surface area (Å²) in [5, 5.41) is 7.37. The molecule has 2 aromatic rings. The van der Waals surface area contributed by atoms with Gasteiger partial charge in [-0.05, 0) is 82.0 Å². The predicted molar refractivity (Wildman–Crippen MR) is 127 cm³/mol. The highest BCUT2D eigenvalue weighted by atomic mass is 35.5. The third kappa shape index (κ3) is 6.00. The van der Waals surface area contributed by atoms with Crippen molar-refractivity contribution in [1.29, 1.82) is 0 Å². The molecule has 2 saturated heterocycles. The average Bonchev–Trinajstić information content (AvgIpc) is 2.74. The first-order valence-electron chi connectivity index (χ1n) is 11.2. The molecule has 2 aliphatic rings. The lowest BCUT2D eigenvalue weighted by atomic mass is 9.92. The number of anilines is 2. The number of carbonyl (C=O) groups excluding carboxylic acids is 1. The van der Waals surface area contributed by atoms with Gasteiger partial charge in [0.2, 0.25) is 0 Å². The van der Waals surface area contributed by atoms with Crippen molar-refractivity contribution in [1.82, 2.24) is 5.32 Å². The molecule has 0 bridgehead atoms. The SMILES string of the molecule is CC1(C)CC(NC2CCN(c3ccc(NC(=O)c4cccc(Cl)c4)cc3)CC2)CCO1. The van der Waals surface area contributed by atoms with Crippen LogP contribution < -0.4 is 15.5 Å². The van der Waals surface area contributed by atoms with Gasteiger partial charge in [0.05, 0.1) is 5.60 Å². The molecule has 2 aromatic carbocycles. The standard InChI is InChI=1S/C25H32ClN3O2/c1-25(2)17-22(12-15-31-25)27-21-10-13-29(14-11-21)23-8-6-20(7-9-23)28-24(30)18-4-3-5-19(26)16-18/h3-9,16,21-22,27H,10-15,17H2,1-2H3,(H,28,30). The molecule has 0 radical (unpaired) electrons. The van der Waals surface area contributed by atoms with E-state index in [9.17, 15) is 4.79 Å². The Hall–Kier alpha value is -2.08. The van der Waals surface area contributed by atoms with Gasteiger partial charge in [0.25, 0.3) is 5.91 Å². The smallest absolute Gasteiger partial charge is 0.255 e. The molecule has 6 heteroatoms. The van der Waals surface area contributed by atoms with Gasteiger partial charge in [-0.25, -0.2) is 0 Å². The zero-order valence-electron chi connectivity index (χ0n) is 18.4. The molecule has 0 saturated carbocycles. The van der Waals surface area contributed by atoms with Crippen LogP contribution in [0.1, 0.15) is 49.9 Å². The van der Waals surface area contributed by atoms with Gasteiger partial charge in [-0.2, -0.15) is 0 Å². The van der Waals surface area contributed by atoms with E-state index in [0.717, 1.165) is 51.1 Å². The molecule has 2 heterocycles. The Bertz CT molecular complexity index is 892. The quantitative estimate of drug-likeness (QED) is 0.677. The Morgan fingerprint density at radius 2 is 1.81 bits per heavy atom. The number of hydrogen-bond donors (Lipinski definition) is 2. The Labute approximate surface area is 190 Å². The monoisotopic (exact) mass is 441 g/mol. The van der Waals surface area contributed by atoms with Crippen LogP contribution in [0.15, 0.2) is 48.5 Å². The van der Waals surface area contributed by atoms with Crippen LogP contribution in [0.2, 0.25) is 5.02 Å². The van der Waals surface area contributed by atoms with E-state index in [1.54, 1.807) is 24.3 Å². The molecule has 2 N–H and O–H groups in total. The molecule has 166 valence electrons. The first-order valence-corrected chi connectivity index (χ1v) is 11.6. The van der Waals surface area contributed by atoms with E-state index in [1.165, 1.54) is 5.69 Å². The van der Waals surface area contributed by atoms with Crippen molar-refractivity contribution in [3.8, 4) is 0 Å². The van der Waals surface area contributed by atoms with Gasteiger partial charge < -0.3 is 20.3 Å². The fourth-order valence-corrected chi connectivity index (χ4v) is 4.79. The van der Waals surface area contributed by atoms with Gasteiger partial charge in [0.15, 0.2) is 0 Å². The van der Waals surface area contributed by atoms with E-state index < -0.39 is 0 Å². The van der Waals surface area contributed by atoms with E-state index >= 15 is 0 Å². The van der Waals surface area contributed by atoms with Gasteiger partial charge in [-0.1, -0.05) is 17.7 Å². The second-order valence-corrected chi connectivity index (χ2v) is 9.67. The number of amides is 1. The molecule has 2 fully saturated rings. The third-order valence-corrected chi connectivity index (χ3v) is 6.48. The van der Waals surface area contributed by atoms with Crippen LogP contribution in [0.4, 0.5) is 11.4 Å². The Morgan fingerprint density at radius 3 is 2.48 bits per heavy atom. The number of piperidine rings is 1. The summed E-state index contributed by atoms with van der Waals surface area (Å²) in [7, 11) is 0. The van der Waals surface area contributed by atoms with Crippen LogP contribution >= 0.6 is 11.6 Å². The molecule has 31 heavy (non-hydrogen) atoms. The van der Waals surface area contributed by atoms with Crippen LogP contribution in [0, 0.1) is 0 Å². The summed E-state index contributed by atoms with van der Waals surface area (Å²) in [5.74, 6) is -0.154.